The van der Waals surface area contributed by atoms with Crippen LogP contribution < -0.4 is 4.74 Å². The molecule has 1 atom stereocenters. The Balaban J connectivity index is 1.54. The van der Waals surface area contributed by atoms with E-state index in [1.807, 2.05) is 0 Å². The fourth-order valence-corrected chi connectivity index (χ4v) is 3.28. The number of ether oxygens (including phenoxy) is 2. The van der Waals surface area contributed by atoms with Crippen LogP contribution in [0.2, 0.25) is 0 Å². The minimum absolute atomic E-state index is 0.131. The maximum Gasteiger partial charge on any atom is 0.433 e. The molecule has 2 amide bonds. The Bertz CT molecular complexity index is 773. The number of aromatic nitrogens is 1. The average molecular weight is 415 g/mol. The number of nitrogens with zero attached hydrogens (tertiary/aromatic N) is 3. The van der Waals surface area contributed by atoms with Crippen molar-refractivity contribution in [3.05, 3.63) is 23.9 Å². The van der Waals surface area contributed by atoms with Crippen LogP contribution in [0, 0.1) is 0 Å². The molecule has 2 aliphatic heterocycles. The number of likely N-dealkylation sites (tertiary alicyclic amines) is 2. The van der Waals surface area contributed by atoms with Gasteiger partial charge >= 0.3 is 12.3 Å². The van der Waals surface area contributed by atoms with E-state index in [0.29, 0.717) is 19.4 Å². The van der Waals surface area contributed by atoms with Gasteiger partial charge in [0.2, 0.25) is 11.8 Å². The van der Waals surface area contributed by atoms with Gasteiger partial charge in [0.1, 0.15) is 23.4 Å². The van der Waals surface area contributed by atoms with E-state index < -0.39 is 35.7 Å². The number of alkyl halides is 3. The summed E-state index contributed by atoms with van der Waals surface area (Å²) in [5.74, 6) is -0.335. The third-order valence-corrected chi connectivity index (χ3v) is 4.63. The summed E-state index contributed by atoms with van der Waals surface area (Å²) in [6, 6.07) is 2.86. The summed E-state index contributed by atoms with van der Waals surface area (Å²) < 4.78 is 49.0. The highest BCUT2D eigenvalue weighted by atomic mass is 19.4. The predicted octanol–water partition coefficient (Wildman–Crippen LogP) is 3.09. The molecule has 3 heterocycles. The Labute approximate surface area is 166 Å². The van der Waals surface area contributed by atoms with E-state index in [2.05, 4.69) is 4.98 Å². The Hall–Kier alpha value is -2.52. The molecule has 1 aromatic heterocycles. The number of hydrogen-bond acceptors (Lipinski definition) is 5. The molecule has 29 heavy (non-hydrogen) atoms. The van der Waals surface area contributed by atoms with Crippen molar-refractivity contribution in [2.24, 2.45) is 0 Å². The van der Waals surface area contributed by atoms with Crippen molar-refractivity contribution in [2.45, 2.75) is 57.5 Å². The summed E-state index contributed by atoms with van der Waals surface area (Å²) in [5, 5.41) is 0. The Morgan fingerprint density at radius 2 is 1.86 bits per heavy atom. The number of pyridine rings is 1. The fraction of sp³-hybridized carbons (Fsp3) is 0.632. The maximum absolute atomic E-state index is 12.7. The molecule has 10 heteroatoms. The summed E-state index contributed by atoms with van der Waals surface area (Å²) in [4.78, 5) is 31.5. The van der Waals surface area contributed by atoms with Crippen molar-refractivity contribution in [1.29, 1.82) is 0 Å². The van der Waals surface area contributed by atoms with Crippen molar-refractivity contribution >= 4 is 12.0 Å². The van der Waals surface area contributed by atoms with Gasteiger partial charge in [-0.05, 0) is 39.7 Å². The van der Waals surface area contributed by atoms with Crippen LogP contribution in [-0.2, 0) is 15.7 Å². The first-order valence-corrected chi connectivity index (χ1v) is 9.43. The van der Waals surface area contributed by atoms with Crippen LogP contribution in [0.3, 0.4) is 0 Å². The second-order valence-corrected chi connectivity index (χ2v) is 8.17. The number of amides is 2. The van der Waals surface area contributed by atoms with Crippen LogP contribution >= 0.6 is 0 Å². The van der Waals surface area contributed by atoms with Gasteiger partial charge in [0, 0.05) is 12.6 Å². The van der Waals surface area contributed by atoms with E-state index in [1.165, 1.54) is 21.9 Å². The molecule has 0 N–H and O–H groups in total. The van der Waals surface area contributed by atoms with Crippen molar-refractivity contribution in [3.8, 4) is 5.88 Å². The molecule has 1 aromatic rings. The van der Waals surface area contributed by atoms with E-state index in [9.17, 15) is 22.8 Å². The van der Waals surface area contributed by atoms with Gasteiger partial charge in [-0.2, -0.15) is 13.2 Å². The van der Waals surface area contributed by atoms with Gasteiger partial charge in [-0.3, -0.25) is 9.69 Å². The lowest BCUT2D eigenvalue weighted by Gasteiger charge is -2.41. The summed E-state index contributed by atoms with van der Waals surface area (Å²) in [5.41, 5.74) is -1.68. The van der Waals surface area contributed by atoms with Gasteiger partial charge in [0.25, 0.3) is 0 Å². The largest absolute Gasteiger partial charge is 0.471 e. The van der Waals surface area contributed by atoms with E-state index in [1.54, 1.807) is 20.8 Å². The van der Waals surface area contributed by atoms with Crippen LogP contribution in [0.4, 0.5) is 18.0 Å². The highest BCUT2D eigenvalue weighted by Gasteiger charge is 2.43. The number of carbonyl (C=O) groups is 2. The number of halogens is 3. The van der Waals surface area contributed by atoms with E-state index >= 15 is 0 Å². The van der Waals surface area contributed by atoms with E-state index in [4.69, 9.17) is 9.47 Å². The molecule has 0 bridgehead atoms. The van der Waals surface area contributed by atoms with Gasteiger partial charge in [-0.25, -0.2) is 9.78 Å². The second-order valence-electron chi connectivity index (χ2n) is 8.17. The molecule has 0 aliphatic carbocycles. The topological polar surface area (TPSA) is 72.0 Å². The molecular weight excluding hydrogens is 391 g/mol. The maximum atomic E-state index is 12.7. The molecule has 0 radical (unpaired) electrons. The zero-order valence-electron chi connectivity index (χ0n) is 16.5. The lowest BCUT2D eigenvalue weighted by atomic mass is 10.1. The first-order chi connectivity index (χ1) is 13.4. The Morgan fingerprint density at radius 3 is 2.48 bits per heavy atom. The minimum atomic E-state index is -4.55. The van der Waals surface area contributed by atoms with Gasteiger partial charge in [-0.1, -0.05) is 6.07 Å². The van der Waals surface area contributed by atoms with E-state index in [-0.39, 0.29) is 24.9 Å². The van der Waals surface area contributed by atoms with Crippen LogP contribution in [0.25, 0.3) is 0 Å². The summed E-state index contributed by atoms with van der Waals surface area (Å²) >= 11 is 0. The summed E-state index contributed by atoms with van der Waals surface area (Å²) in [7, 11) is 0. The van der Waals surface area contributed by atoms with Crippen LogP contribution in [-0.4, -0.2) is 64.2 Å². The van der Waals surface area contributed by atoms with E-state index in [0.717, 1.165) is 6.07 Å². The molecular formula is C19H24F3N3O4. The second kappa shape index (κ2) is 7.72. The van der Waals surface area contributed by atoms with Crippen molar-refractivity contribution in [1.82, 2.24) is 14.8 Å². The summed E-state index contributed by atoms with van der Waals surface area (Å²) in [6.45, 7) is 6.20. The molecule has 0 aromatic carbocycles. The van der Waals surface area contributed by atoms with Crippen LogP contribution in [0.1, 0.15) is 39.3 Å². The lowest BCUT2D eigenvalue weighted by molar-refractivity contribution is -0.145. The SMILES string of the molecule is CC(C)(C)OC(=O)N1CCCC1C(=O)N1CC(Oc2cccc(C(F)(F)F)n2)C1. The number of rotatable bonds is 3. The molecule has 2 fully saturated rings. The molecule has 1 unspecified atom stereocenters. The van der Waals surface area contributed by atoms with Gasteiger partial charge < -0.3 is 14.4 Å². The monoisotopic (exact) mass is 415 g/mol. The highest BCUT2D eigenvalue weighted by molar-refractivity contribution is 5.87. The van der Waals surface area contributed by atoms with Crippen molar-refractivity contribution in [2.75, 3.05) is 19.6 Å². The number of carbonyl (C=O) groups excluding carboxylic acids is 2. The predicted molar refractivity (Wildman–Crippen MR) is 96.2 cm³/mol. The van der Waals surface area contributed by atoms with Crippen molar-refractivity contribution in [3.63, 3.8) is 0 Å². The fourth-order valence-electron chi connectivity index (χ4n) is 3.28. The first-order valence-electron chi connectivity index (χ1n) is 9.43. The Morgan fingerprint density at radius 1 is 1.17 bits per heavy atom. The molecule has 160 valence electrons. The minimum Gasteiger partial charge on any atom is -0.471 e. The van der Waals surface area contributed by atoms with Crippen molar-refractivity contribution < 1.29 is 32.2 Å². The van der Waals surface area contributed by atoms with Gasteiger partial charge in [-0.15, -0.1) is 0 Å². The number of hydrogen-bond donors (Lipinski definition) is 0. The zero-order chi connectivity index (χ0) is 21.4. The summed E-state index contributed by atoms with van der Waals surface area (Å²) in [6.07, 6.45) is -4.25. The van der Waals surface area contributed by atoms with Crippen LogP contribution in [0.15, 0.2) is 18.2 Å². The highest BCUT2D eigenvalue weighted by Crippen LogP contribution is 2.30. The average Bonchev–Trinajstić information content (AvgIpc) is 3.05. The lowest BCUT2D eigenvalue weighted by Crippen LogP contribution is -2.60. The smallest absolute Gasteiger partial charge is 0.433 e. The standard InChI is InChI=1S/C19H24F3N3O4/c1-18(2,3)29-17(27)25-9-5-6-13(25)16(26)24-10-12(11-24)28-15-8-4-7-14(23-15)19(20,21)22/h4,7-8,12-13H,5-6,9-11H2,1-3H3. The molecule has 0 saturated carbocycles. The quantitative estimate of drug-likeness (QED) is 0.759. The van der Waals surface area contributed by atoms with Gasteiger partial charge in [0.15, 0.2) is 0 Å². The first kappa shape index (κ1) is 21.2. The molecule has 7 nitrogen and oxygen atoms in total. The Kier molecular flexibility index (Phi) is 5.64. The normalized spacial score (nSPS) is 20.4. The zero-order valence-corrected chi connectivity index (χ0v) is 16.5. The molecule has 3 rings (SSSR count). The van der Waals surface area contributed by atoms with Crippen LogP contribution in [0.5, 0.6) is 5.88 Å². The molecule has 0 spiro atoms. The molecule has 2 saturated heterocycles. The van der Waals surface area contributed by atoms with Gasteiger partial charge in [0.05, 0.1) is 13.1 Å². The molecule has 2 aliphatic rings. The third-order valence-electron chi connectivity index (χ3n) is 4.63. The third kappa shape index (κ3) is 5.10.